The predicted octanol–water partition coefficient (Wildman–Crippen LogP) is 1.24. The number of fused-ring (bicyclic) bond motifs is 3. The fourth-order valence-electron chi connectivity index (χ4n) is 7.98. The third-order valence-electron chi connectivity index (χ3n) is 9.80. The molecule has 3 heterocycles. The molecule has 44 heavy (non-hydrogen) atoms. The van der Waals surface area contributed by atoms with Crippen LogP contribution in [-0.2, 0) is 66.7 Å². The van der Waals surface area contributed by atoms with Crippen LogP contribution in [0.5, 0.6) is 0 Å². The third-order valence-corrected chi connectivity index (χ3v) is 9.80. The molecule has 0 aromatic carbocycles. The van der Waals surface area contributed by atoms with Crippen LogP contribution >= 0.6 is 0 Å². The summed E-state index contributed by atoms with van der Waals surface area (Å²) in [6, 6.07) is 0. The monoisotopic (exact) mass is 622 g/mol. The van der Waals surface area contributed by atoms with Crippen molar-refractivity contribution in [1.29, 1.82) is 0 Å². The van der Waals surface area contributed by atoms with Gasteiger partial charge in [0.05, 0.1) is 17.1 Å². The molecule has 14 nitrogen and oxygen atoms in total. The average molecular weight is 623 g/mol. The number of hydrogen-bond donors (Lipinski definition) is 0. The molecule has 14 heteroatoms. The van der Waals surface area contributed by atoms with E-state index in [0.717, 1.165) is 20.8 Å². The van der Waals surface area contributed by atoms with Crippen LogP contribution in [0, 0.1) is 11.3 Å². The van der Waals surface area contributed by atoms with E-state index in [9.17, 15) is 28.8 Å². The minimum atomic E-state index is -1.60. The maximum Gasteiger partial charge on any atom is 0.342 e. The standard InChI is InChI=1S/C30H38O14/c1-12-10-20-30(29(9,44-30)26(36)42-20)25(41-17(6)35)23-27(7,18(37-13(2)31)11-19-28(23,8)43-19)24(40-16(5)34)22(39-15(4)33)21(12)38-14(3)32/h10,18-25H,11H2,1-9H3/b12-10-/t18-,19-,20-,21?,22+,23+,24-,25?,27-,28-,29-,30-/m1/s1. The SMILES string of the molecule is CC(=O)OC1/C(C)=C\[C@H]2OC(=O)[C@@]3(C)O[C@@]23C(OC(C)=O)[C@@H]2[C@]3(C)O[C@@H]3C[C@@H](OC(C)=O)[C@@]2(C)[C@H](OC(C)=O)[C@H]1OC(C)=O. The lowest BCUT2D eigenvalue weighted by molar-refractivity contribution is -0.236. The summed E-state index contributed by atoms with van der Waals surface area (Å²) in [5.41, 5.74) is -5.59. The molecule has 0 radical (unpaired) electrons. The van der Waals surface area contributed by atoms with Gasteiger partial charge in [-0.3, -0.25) is 24.0 Å². The minimum absolute atomic E-state index is 0.136. The second-order valence-corrected chi connectivity index (χ2v) is 12.8. The van der Waals surface area contributed by atoms with E-state index in [1.54, 1.807) is 20.8 Å². The maximum atomic E-state index is 13.3. The first kappa shape index (κ1) is 31.9. The van der Waals surface area contributed by atoms with Crippen molar-refractivity contribution in [2.75, 3.05) is 0 Å². The molecule has 5 rings (SSSR count). The quantitative estimate of drug-likeness (QED) is 0.185. The zero-order valence-electron chi connectivity index (χ0n) is 26.1. The molecule has 5 aliphatic rings. The van der Waals surface area contributed by atoms with E-state index >= 15 is 0 Å². The van der Waals surface area contributed by atoms with Gasteiger partial charge in [-0.25, -0.2) is 4.79 Å². The van der Waals surface area contributed by atoms with Crippen LogP contribution in [0.3, 0.4) is 0 Å². The molecule has 12 atom stereocenters. The van der Waals surface area contributed by atoms with Crippen molar-refractivity contribution in [2.45, 2.75) is 128 Å². The van der Waals surface area contributed by atoms with Gasteiger partial charge in [0.15, 0.2) is 35.6 Å². The van der Waals surface area contributed by atoms with Gasteiger partial charge in [0.1, 0.15) is 12.2 Å². The maximum absolute atomic E-state index is 13.3. The van der Waals surface area contributed by atoms with E-state index in [4.69, 9.17) is 37.9 Å². The van der Waals surface area contributed by atoms with E-state index in [2.05, 4.69) is 0 Å². The van der Waals surface area contributed by atoms with Gasteiger partial charge in [0.2, 0.25) is 0 Å². The highest BCUT2D eigenvalue weighted by molar-refractivity contribution is 5.89. The van der Waals surface area contributed by atoms with E-state index in [-0.39, 0.29) is 12.0 Å². The fraction of sp³-hybridized carbons (Fsp3) is 0.733. The van der Waals surface area contributed by atoms with Crippen molar-refractivity contribution in [3.8, 4) is 0 Å². The number of rotatable bonds is 5. The van der Waals surface area contributed by atoms with Gasteiger partial charge < -0.3 is 37.9 Å². The molecule has 2 unspecified atom stereocenters. The van der Waals surface area contributed by atoms with Crippen LogP contribution in [-0.4, -0.2) is 95.3 Å². The van der Waals surface area contributed by atoms with Gasteiger partial charge in [0, 0.05) is 47.0 Å². The fourth-order valence-corrected chi connectivity index (χ4v) is 7.98. The van der Waals surface area contributed by atoms with Crippen LogP contribution in [0.25, 0.3) is 0 Å². The van der Waals surface area contributed by atoms with Gasteiger partial charge in [-0.1, -0.05) is 6.92 Å². The summed E-state index contributed by atoms with van der Waals surface area (Å²) in [4.78, 5) is 76.6. The van der Waals surface area contributed by atoms with Gasteiger partial charge in [-0.15, -0.1) is 0 Å². The van der Waals surface area contributed by atoms with Crippen molar-refractivity contribution in [3.63, 3.8) is 0 Å². The zero-order chi connectivity index (χ0) is 32.7. The van der Waals surface area contributed by atoms with E-state index in [1.165, 1.54) is 26.8 Å². The van der Waals surface area contributed by atoms with Gasteiger partial charge in [-0.05, 0) is 32.4 Å². The summed E-state index contributed by atoms with van der Waals surface area (Å²) in [5, 5.41) is 0. The molecule has 0 aromatic heterocycles. The third kappa shape index (κ3) is 4.59. The zero-order valence-corrected chi connectivity index (χ0v) is 26.1. The summed E-state index contributed by atoms with van der Waals surface area (Å²) in [5.74, 6) is -5.46. The Morgan fingerprint density at radius 3 is 1.86 bits per heavy atom. The summed E-state index contributed by atoms with van der Waals surface area (Å²) >= 11 is 0. The topological polar surface area (TPSA) is 183 Å². The Labute approximate surface area is 253 Å². The predicted molar refractivity (Wildman–Crippen MR) is 143 cm³/mol. The van der Waals surface area contributed by atoms with Crippen LogP contribution in [0.1, 0.15) is 68.7 Å². The van der Waals surface area contributed by atoms with Crippen molar-refractivity contribution in [3.05, 3.63) is 11.6 Å². The number of carbonyl (C=O) groups excluding carboxylic acids is 6. The lowest BCUT2D eigenvalue weighted by Gasteiger charge is -2.55. The van der Waals surface area contributed by atoms with Crippen LogP contribution < -0.4 is 0 Å². The number of carbonyl (C=O) groups is 6. The van der Waals surface area contributed by atoms with E-state index < -0.39 is 107 Å². The van der Waals surface area contributed by atoms with Crippen molar-refractivity contribution in [1.82, 2.24) is 0 Å². The lowest BCUT2D eigenvalue weighted by Crippen LogP contribution is -2.69. The summed E-state index contributed by atoms with van der Waals surface area (Å²) in [7, 11) is 0. The molecule has 3 aliphatic heterocycles. The average Bonchev–Trinajstić information content (AvgIpc) is 3.72. The Balaban J connectivity index is 1.88. The van der Waals surface area contributed by atoms with Gasteiger partial charge in [0.25, 0.3) is 0 Å². The second-order valence-electron chi connectivity index (χ2n) is 12.8. The van der Waals surface area contributed by atoms with Crippen LogP contribution in [0.4, 0.5) is 0 Å². The van der Waals surface area contributed by atoms with Gasteiger partial charge >= 0.3 is 35.8 Å². The molecular formula is C30H38O14. The normalized spacial score (nSPS) is 46.1. The van der Waals surface area contributed by atoms with Crippen LogP contribution in [0.15, 0.2) is 11.6 Å². The Morgan fingerprint density at radius 2 is 1.34 bits per heavy atom. The summed E-state index contributed by atoms with van der Waals surface area (Å²) in [6.45, 7) is 12.3. The number of esters is 6. The molecule has 242 valence electrons. The smallest absolute Gasteiger partial charge is 0.342 e. The van der Waals surface area contributed by atoms with Crippen molar-refractivity contribution < 1.29 is 66.7 Å². The molecule has 0 amide bonds. The molecule has 1 spiro atoms. The Hall–Kier alpha value is -3.52. The first-order valence-electron chi connectivity index (χ1n) is 14.5. The molecule has 0 N–H and O–H groups in total. The highest BCUT2D eigenvalue weighted by Crippen LogP contribution is 2.69. The lowest BCUT2D eigenvalue weighted by atomic mass is 9.53. The van der Waals surface area contributed by atoms with E-state index in [0.29, 0.717) is 0 Å². The molecule has 4 fully saturated rings. The molecule has 0 bridgehead atoms. The molecule has 1 saturated carbocycles. The Kier molecular flexibility index (Phi) is 7.44. The summed E-state index contributed by atoms with van der Waals surface area (Å²) < 4.78 is 47.7. The number of ether oxygens (including phenoxy) is 8. The van der Waals surface area contributed by atoms with Crippen molar-refractivity contribution in [2.24, 2.45) is 11.3 Å². The summed E-state index contributed by atoms with van der Waals surface area (Å²) in [6.07, 6.45) is -6.77. The highest BCUT2D eigenvalue weighted by Gasteiger charge is 2.90. The highest BCUT2D eigenvalue weighted by atomic mass is 16.7. The number of hydrogen-bond acceptors (Lipinski definition) is 14. The first-order chi connectivity index (χ1) is 20.3. The van der Waals surface area contributed by atoms with Crippen LogP contribution in [0.2, 0.25) is 0 Å². The minimum Gasteiger partial charge on any atom is -0.462 e. The Bertz CT molecular complexity index is 1350. The molecule has 2 aliphatic carbocycles. The van der Waals surface area contributed by atoms with Gasteiger partial charge in [-0.2, -0.15) is 0 Å². The molecular weight excluding hydrogens is 584 g/mol. The second kappa shape index (κ2) is 10.3. The molecule has 3 saturated heterocycles. The largest absolute Gasteiger partial charge is 0.462 e. The van der Waals surface area contributed by atoms with E-state index in [1.807, 2.05) is 0 Å². The Morgan fingerprint density at radius 1 is 0.795 bits per heavy atom. The first-order valence-corrected chi connectivity index (χ1v) is 14.5. The molecule has 0 aromatic rings. The number of epoxide rings is 2. The van der Waals surface area contributed by atoms with Crippen molar-refractivity contribution >= 4 is 35.8 Å².